The lowest BCUT2D eigenvalue weighted by Crippen LogP contribution is -2.28. The maximum Gasteiger partial charge on any atom is 0.251 e. The second-order valence-electron chi connectivity index (χ2n) is 6.34. The number of benzene rings is 2. The maximum atomic E-state index is 12.2. The minimum absolute atomic E-state index is 0.0546. The first-order chi connectivity index (χ1) is 14.0. The van der Waals surface area contributed by atoms with Gasteiger partial charge in [-0.1, -0.05) is 71.4 Å². The number of carbonyl (C=O) groups excluding carboxylic acids is 1. The van der Waals surface area contributed by atoms with Crippen LogP contribution in [-0.4, -0.2) is 22.4 Å². The molecule has 1 aromatic heterocycles. The van der Waals surface area contributed by atoms with Crippen molar-refractivity contribution >= 4 is 40.9 Å². The second-order valence-corrected chi connectivity index (χ2v) is 8.12. The van der Waals surface area contributed by atoms with Crippen molar-refractivity contribution in [1.82, 2.24) is 15.3 Å². The van der Waals surface area contributed by atoms with Crippen molar-refractivity contribution in [3.05, 3.63) is 91.8 Å². The van der Waals surface area contributed by atoms with Gasteiger partial charge in [0.15, 0.2) is 5.16 Å². The Morgan fingerprint density at radius 2 is 1.83 bits per heavy atom. The Kier molecular flexibility index (Phi) is 7.75. The fraction of sp³-hybridized carbons (Fsp3) is 0.190. The van der Waals surface area contributed by atoms with Gasteiger partial charge in [-0.3, -0.25) is 9.59 Å². The molecule has 150 valence electrons. The fourth-order valence-corrected chi connectivity index (χ4v) is 3.80. The lowest BCUT2D eigenvalue weighted by Gasteiger charge is -2.07. The summed E-state index contributed by atoms with van der Waals surface area (Å²) < 4.78 is 0. The summed E-state index contributed by atoms with van der Waals surface area (Å²) in [5.74, 6) is 0.395. The quantitative estimate of drug-likeness (QED) is 0.399. The Morgan fingerprint density at radius 3 is 2.59 bits per heavy atom. The number of nitrogens with one attached hydrogen (secondary N) is 2. The van der Waals surface area contributed by atoms with Crippen LogP contribution < -0.4 is 10.9 Å². The standard InChI is InChI=1S/C21H19Cl2N3O2S/c22-17-7-6-15(10-18(17)23)13-29-21-25-16(12-20(28)26-21)11-19(27)24-9-8-14-4-2-1-3-5-14/h1-7,10,12H,8-9,11,13H2,(H,24,27)(H,25,26,28). The van der Waals surface area contributed by atoms with Gasteiger partial charge in [0.1, 0.15) is 0 Å². The van der Waals surface area contributed by atoms with Gasteiger partial charge < -0.3 is 10.3 Å². The largest absolute Gasteiger partial charge is 0.355 e. The maximum absolute atomic E-state index is 12.2. The molecule has 0 aliphatic rings. The van der Waals surface area contributed by atoms with Crippen molar-refractivity contribution in [2.45, 2.75) is 23.8 Å². The zero-order valence-corrected chi connectivity index (χ0v) is 17.8. The Labute approximate surface area is 182 Å². The molecule has 29 heavy (non-hydrogen) atoms. The SMILES string of the molecule is O=C(Cc1cc(=O)[nH]c(SCc2ccc(Cl)c(Cl)c2)n1)NCCc1ccccc1. The van der Waals surface area contributed by atoms with Crippen LogP contribution in [0.4, 0.5) is 0 Å². The molecule has 0 saturated carbocycles. The molecule has 8 heteroatoms. The molecule has 0 aliphatic carbocycles. The summed E-state index contributed by atoms with van der Waals surface area (Å²) >= 11 is 13.3. The van der Waals surface area contributed by atoms with Crippen molar-refractivity contribution in [3.63, 3.8) is 0 Å². The van der Waals surface area contributed by atoms with E-state index >= 15 is 0 Å². The molecule has 0 fully saturated rings. The highest BCUT2D eigenvalue weighted by Crippen LogP contribution is 2.26. The highest BCUT2D eigenvalue weighted by atomic mass is 35.5. The molecule has 0 atom stereocenters. The van der Waals surface area contributed by atoms with Crippen LogP contribution in [0.15, 0.2) is 64.5 Å². The number of aromatic nitrogens is 2. The molecular weight excluding hydrogens is 429 g/mol. The normalized spacial score (nSPS) is 10.7. The molecule has 1 heterocycles. The summed E-state index contributed by atoms with van der Waals surface area (Å²) in [4.78, 5) is 31.2. The third kappa shape index (κ3) is 6.92. The molecule has 2 aromatic carbocycles. The van der Waals surface area contributed by atoms with Crippen molar-refractivity contribution in [3.8, 4) is 0 Å². The molecule has 1 amide bonds. The molecule has 3 aromatic rings. The van der Waals surface area contributed by atoms with E-state index in [0.717, 1.165) is 17.5 Å². The summed E-state index contributed by atoms with van der Waals surface area (Å²) in [5, 5.41) is 4.29. The first-order valence-corrected chi connectivity index (χ1v) is 10.7. The van der Waals surface area contributed by atoms with E-state index in [-0.39, 0.29) is 17.9 Å². The lowest BCUT2D eigenvalue weighted by atomic mass is 10.1. The summed E-state index contributed by atoms with van der Waals surface area (Å²) in [6.45, 7) is 0.533. The smallest absolute Gasteiger partial charge is 0.251 e. The highest BCUT2D eigenvalue weighted by molar-refractivity contribution is 7.98. The predicted molar refractivity (Wildman–Crippen MR) is 118 cm³/mol. The fourth-order valence-electron chi connectivity index (χ4n) is 2.64. The van der Waals surface area contributed by atoms with Crippen LogP contribution in [0.2, 0.25) is 10.0 Å². The number of aromatic amines is 1. The zero-order valence-electron chi connectivity index (χ0n) is 15.5. The Bertz CT molecular complexity index is 1040. The molecule has 3 rings (SSSR count). The van der Waals surface area contributed by atoms with Crippen LogP contribution in [0.5, 0.6) is 0 Å². The monoisotopic (exact) mass is 447 g/mol. The topological polar surface area (TPSA) is 74.8 Å². The van der Waals surface area contributed by atoms with Crippen molar-refractivity contribution in [2.24, 2.45) is 0 Å². The van der Waals surface area contributed by atoms with Crippen molar-refractivity contribution in [1.29, 1.82) is 0 Å². The van der Waals surface area contributed by atoms with Crippen LogP contribution in [0.1, 0.15) is 16.8 Å². The van der Waals surface area contributed by atoms with Crippen LogP contribution in [-0.2, 0) is 23.4 Å². The van der Waals surface area contributed by atoms with E-state index in [0.29, 0.717) is 33.2 Å². The summed E-state index contributed by atoms with van der Waals surface area (Å²) in [6, 6.07) is 16.6. The van der Waals surface area contributed by atoms with Gasteiger partial charge in [-0.25, -0.2) is 4.98 Å². The van der Waals surface area contributed by atoms with Gasteiger partial charge in [-0.15, -0.1) is 0 Å². The zero-order chi connectivity index (χ0) is 20.6. The number of halogens is 2. The Hall–Kier alpha value is -2.28. The molecule has 0 aliphatic heterocycles. The van der Waals surface area contributed by atoms with E-state index in [4.69, 9.17) is 23.2 Å². The number of hydrogen-bond acceptors (Lipinski definition) is 4. The third-order valence-corrected chi connectivity index (χ3v) is 5.74. The average Bonchev–Trinajstić information content (AvgIpc) is 2.69. The van der Waals surface area contributed by atoms with Crippen LogP contribution in [0.3, 0.4) is 0 Å². The van der Waals surface area contributed by atoms with Crippen molar-refractivity contribution in [2.75, 3.05) is 6.54 Å². The first-order valence-electron chi connectivity index (χ1n) is 8.97. The van der Waals surface area contributed by atoms with Crippen molar-refractivity contribution < 1.29 is 4.79 Å². The predicted octanol–water partition coefficient (Wildman–Crippen LogP) is 4.27. The average molecular weight is 448 g/mol. The summed E-state index contributed by atoms with van der Waals surface area (Å²) in [7, 11) is 0. The van der Waals surface area contributed by atoms with Crippen LogP contribution in [0.25, 0.3) is 0 Å². The lowest BCUT2D eigenvalue weighted by molar-refractivity contribution is -0.120. The third-order valence-electron chi connectivity index (χ3n) is 4.05. The van der Waals surface area contributed by atoms with Gasteiger partial charge in [0.2, 0.25) is 5.91 Å². The van der Waals surface area contributed by atoms with Gasteiger partial charge >= 0.3 is 0 Å². The Morgan fingerprint density at radius 1 is 1.03 bits per heavy atom. The second kappa shape index (κ2) is 10.5. The molecule has 0 spiro atoms. The van der Waals surface area contributed by atoms with E-state index in [2.05, 4.69) is 15.3 Å². The molecular formula is C21H19Cl2N3O2S. The minimum atomic E-state index is -0.288. The van der Waals surface area contributed by atoms with Gasteiger partial charge in [0.25, 0.3) is 5.56 Å². The molecule has 0 unspecified atom stereocenters. The number of amides is 1. The van der Waals surface area contributed by atoms with Crippen LogP contribution >= 0.6 is 35.0 Å². The minimum Gasteiger partial charge on any atom is -0.355 e. The number of rotatable bonds is 8. The van der Waals surface area contributed by atoms with Crippen LogP contribution in [0, 0.1) is 0 Å². The number of thioether (sulfide) groups is 1. The molecule has 5 nitrogen and oxygen atoms in total. The number of nitrogens with zero attached hydrogens (tertiary/aromatic N) is 1. The number of H-pyrrole nitrogens is 1. The van der Waals surface area contributed by atoms with E-state index < -0.39 is 0 Å². The first kappa shape index (κ1) is 21.4. The van der Waals surface area contributed by atoms with Gasteiger partial charge in [-0.2, -0.15) is 0 Å². The molecule has 0 bridgehead atoms. The summed E-state index contributed by atoms with van der Waals surface area (Å²) in [6.07, 6.45) is 0.805. The Balaban J connectivity index is 1.54. The molecule has 0 radical (unpaired) electrons. The highest BCUT2D eigenvalue weighted by Gasteiger charge is 2.09. The van der Waals surface area contributed by atoms with Gasteiger partial charge in [0, 0.05) is 18.4 Å². The van der Waals surface area contributed by atoms with E-state index in [9.17, 15) is 9.59 Å². The van der Waals surface area contributed by atoms with Gasteiger partial charge in [-0.05, 0) is 29.7 Å². The van der Waals surface area contributed by atoms with Gasteiger partial charge in [0.05, 0.1) is 22.2 Å². The number of carbonyl (C=O) groups is 1. The van der Waals surface area contributed by atoms with E-state index in [1.54, 1.807) is 12.1 Å². The summed E-state index contributed by atoms with van der Waals surface area (Å²) in [5.41, 5.74) is 2.26. The van der Waals surface area contributed by atoms with E-state index in [1.807, 2.05) is 36.4 Å². The molecule has 0 saturated heterocycles. The number of hydrogen-bond donors (Lipinski definition) is 2. The molecule has 2 N–H and O–H groups in total. The van der Waals surface area contributed by atoms with E-state index in [1.165, 1.54) is 17.8 Å².